The van der Waals surface area contributed by atoms with E-state index in [1.54, 1.807) is 17.3 Å². The van der Waals surface area contributed by atoms with Crippen molar-refractivity contribution in [3.8, 4) is 22.8 Å². The number of nitrogens with one attached hydrogen (secondary N) is 1. The summed E-state index contributed by atoms with van der Waals surface area (Å²) in [6.07, 6.45) is 8.46. The van der Waals surface area contributed by atoms with Crippen LogP contribution in [0.25, 0.3) is 33.8 Å². The number of H-pyrrole nitrogens is 1. The van der Waals surface area contributed by atoms with Crippen LogP contribution in [0.15, 0.2) is 33.8 Å². The van der Waals surface area contributed by atoms with E-state index >= 15 is 0 Å². The second-order valence-electron chi connectivity index (χ2n) is 12.9. The highest BCUT2D eigenvalue weighted by Gasteiger charge is 2.53. The number of nitrogens with zero attached hydrogens (tertiary/aromatic N) is 7. The van der Waals surface area contributed by atoms with Gasteiger partial charge < -0.3 is 14.4 Å². The Morgan fingerprint density at radius 3 is 2.57 bits per heavy atom. The SMILES string of the molecule is CC1CCC(C(C)n2c(N3CCN(C(=O)C4(F)CC4)C[C@H]3C)nc3cc(-c4noc(=O)[nH]4)nc(-c4cncc(Cl)c4)c32)CC1. The molecule has 11 nitrogen and oxygen atoms in total. The number of alkyl halides is 1. The number of imidazole rings is 1. The average Bonchev–Trinajstić information content (AvgIpc) is 3.43. The summed E-state index contributed by atoms with van der Waals surface area (Å²) in [7, 11) is 0. The topological polar surface area (TPSA) is 126 Å². The molecule has 4 aromatic heterocycles. The molecule has 4 aromatic rings. The maximum absolute atomic E-state index is 14.7. The number of pyridine rings is 2. The lowest BCUT2D eigenvalue weighted by molar-refractivity contribution is -0.139. The second kappa shape index (κ2) is 11.0. The molecule has 2 aliphatic carbocycles. The summed E-state index contributed by atoms with van der Waals surface area (Å²) in [5.41, 5.74) is 1.53. The molecule has 0 radical (unpaired) electrons. The first-order chi connectivity index (χ1) is 21.1. The predicted octanol–water partition coefficient (Wildman–Crippen LogP) is 5.42. The van der Waals surface area contributed by atoms with E-state index in [9.17, 15) is 14.0 Å². The van der Waals surface area contributed by atoms with Crippen LogP contribution in [0.4, 0.5) is 10.3 Å². The minimum absolute atomic E-state index is 0.0836. The van der Waals surface area contributed by atoms with Crippen molar-refractivity contribution in [3.63, 3.8) is 0 Å². The maximum Gasteiger partial charge on any atom is 0.439 e. The molecule has 0 aromatic carbocycles. The molecule has 1 unspecified atom stereocenters. The van der Waals surface area contributed by atoms with Crippen molar-refractivity contribution in [2.24, 2.45) is 11.8 Å². The van der Waals surface area contributed by atoms with Crippen LogP contribution >= 0.6 is 11.6 Å². The Morgan fingerprint density at radius 2 is 1.91 bits per heavy atom. The van der Waals surface area contributed by atoms with Crippen molar-refractivity contribution in [2.45, 2.75) is 77.0 Å². The predicted molar refractivity (Wildman–Crippen MR) is 164 cm³/mol. The van der Waals surface area contributed by atoms with Crippen LogP contribution in [0.3, 0.4) is 0 Å². The van der Waals surface area contributed by atoms with Crippen LogP contribution < -0.4 is 10.7 Å². The molecule has 1 saturated heterocycles. The second-order valence-corrected chi connectivity index (χ2v) is 13.3. The molecule has 7 rings (SSSR count). The number of aromatic amines is 1. The van der Waals surface area contributed by atoms with E-state index in [4.69, 9.17) is 26.1 Å². The van der Waals surface area contributed by atoms with Gasteiger partial charge in [-0.1, -0.05) is 36.5 Å². The number of amides is 1. The smallest absolute Gasteiger partial charge is 0.336 e. The summed E-state index contributed by atoms with van der Waals surface area (Å²) < 4.78 is 21.8. The van der Waals surface area contributed by atoms with Gasteiger partial charge in [-0.15, -0.1) is 0 Å². The molecule has 13 heteroatoms. The molecule has 232 valence electrons. The van der Waals surface area contributed by atoms with Crippen molar-refractivity contribution in [3.05, 3.63) is 40.1 Å². The monoisotopic (exact) mass is 622 g/mol. The summed E-state index contributed by atoms with van der Waals surface area (Å²) in [5, 5.41) is 4.35. The van der Waals surface area contributed by atoms with Crippen LogP contribution in [0.5, 0.6) is 0 Å². The van der Waals surface area contributed by atoms with Crippen LogP contribution in [-0.4, -0.2) is 71.8 Å². The van der Waals surface area contributed by atoms with Crippen molar-refractivity contribution in [1.82, 2.24) is 34.6 Å². The highest BCUT2D eigenvalue weighted by Crippen LogP contribution is 2.44. The van der Waals surface area contributed by atoms with E-state index in [2.05, 4.69) is 45.4 Å². The number of halogens is 2. The summed E-state index contributed by atoms with van der Waals surface area (Å²) in [5.74, 6) is 1.03. The van der Waals surface area contributed by atoms with Gasteiger partial charge in [0, 0.05) is 49.7 Å². The molecular formula is C31H36ClFN8O3. The Hall–Kier alpha value is -3.80. The van der Waals surface area contributed by atoms with E-state index in [0.717, 1.165) is 24.3 Å². The molecule has 3 fully saturated rings. The number of hydrogen-bond donors (Lipinski definition) is 1. The van der Waals surface area contributed by atoms with E-state index in [0.29, 0.717) is 71.8 Å². The van der Waals surface area contributed by atoms with E-state index in [-0.39, 0.29) is 17.9 Å². The molecule has 44 heavy (non-hydrogen) atoms. The Labute approximate surface area is 258 Å². The van der Waals surface area contributed by atoms with Crippen LogP contribution in [0, 0.1) is 11.8 Å². The fourth-order valence-corrected chi connectivity index (χ4v) is 7.10. The van der Waals surface area contributed by atoms with Gasteiger partial charge in [-0.25, -0.2) is 19.2 Å². The van der Waals surface area contributed by atoms with Gasteiger partial charge in [-0.05, 0) is 63.5 Å². The molecule has 2 atom stereocenters. The largest absolute Gasteiger partial charge is 0.439 e. The maximum atomic E-state index is 14.7. The third-order valence-corrected chi connectivity index (χ3v) is 9.91. The quantitative estimate of drug-likeness (QED) is 0.302. The number of carbonyl (C=O) groups excluding carboxylic acids is 1. The first-order valence-electron chi connectivity index (χ1n) is 15.5. The van der Waals surface area contributed by atoms with E-state index in [1.165, 1.54) is 12.8 Å². The van der Waals surface area contributed by atoms with E-state index < -0.39 is 17.3 Å². The Bertz CT molecular complexity index is 1770. The Morgan fingerprint density at radius 1 is 1.14 bits per heavy atom. The van der Waals surface area contributed by atoms with Gasteiger partial charge in [0.1, 0.15) is 5.69 Å². The normalized spacial score (nSPS) is 24.1. The lowest BCUT2D eigenvalue weighted by atomic mass is 9.79. The number of piperazine rings is 1. The molecule has 0 spiro atoms. The summed E-state index contributed by atoms with van der Waals surface area (Å²) in [6, 6.07) is 3.61. The third-order valence-electron chi connectivity index (χ3n) is 9.70. The average molecular weight is 623 g/mol. The first-order valence-corrected chi connectivity index (χ1v) is 15.8. The fraction of sp³-hybridized carbons (Fsp3) is 0.548. The molecule has 1 aliphatic heterocycles. The van der Waals surface area contributed by atoms with Gasteiger partial charge in [0.15, 0.2) is 5.67 Å². The van der Waals surface area contributed by atoms with Crippen molar-refractivity contribution >= 4 is 34.5 Å². The highest BCUT2D eigenvalue weighted by molar-refractivity contribution is 6.30. The first kappa shape index (κ1) is 28.9. The van der Waals surface area contributed by atoms with Gasteiger partial charge in [0.2, 0.25) is 11.8 Å². The minimum Gasteiger partial charge on any atom is -0.336 e. The van der Waals surface area contributed by atoms with Crippen LogP contribution in [-0.2, 0) is 4.79 Å². The number of carbonyl (C=O) groups is 1. The Kier molecular flexibility index (Phi) is 7.22. The van der Waals surface area contributed by atoms with Crippen molar-refractivity contribution in [2.75, 3.05) is 24.5 Å². The zero-order chi connectivity index (χ0) is 30.7. The lowest BCUT2D eigenvalue weighted by Gasteiger charge is -2.42. The van der Waals surface area contributed by atoms with Gasteiger partial charge in [-0.3, -0.25) is 19.3 Å². The summed E-state index contributed by atoms with van der Waals surface area (Å²) >= 11 is 6.41. The zero-order valence-corrected chi connectivity index (χ0v) is 25.8. The molecule has 1 N–H and O–H groups in total. The van der Waals surface area contributed by atoms with Gasteiger partial charge in [-0.2, -0.15) is 0 Å². The number of fused-ring (bicyclic) bond motifs is 1. The van der Waals surface area contributed by atoms with Crippen molar-refractivity contribution < 1.29 is 13.7 Å². The number of aromatic nitrogens is 6. The number of anilines is 1. The molecular weight excluding hydrogens is 587 g/mol. The molecule has 0 bridgehead atoms. The third kappa shape index (κ3) is 5.16. The zero-order valence-electron chi connectivity index (χ0n) is 25.1. The van der Waals surface area contributed by atoms with Crippen LogP contribution in [0.2, 0.25) is 5.02 Å². The highest BCUT2D eigenvalue weighted by atomic mass is 35.5. The van der Waals surface area contributed by atoms with Gasteiger partial charge >= 0.3 is 5.76 Å². The summed E-state index contributed by atoms with van der Waals surface area (Å²) in [6.45, 7) is 7.97. The van der Waals surface area contributed by atoms with Gasteiger partial charge in [0.25, 0.3) is 5.91 Å². The van der Waals surface area contributed by atoms with E-state index in [1.807, 2.05) is 12.1 Å². The molecule has 3 aliphatic rings. The molecule has 1 amide bonds. The molecule has 2 saturated carbocycles. The minimum atomic E-state index is -1.69. The standard InChI is InChI=1S/C31H36ClFN8O3/c1-17-4-6-20(7-5-17)19(3)41-26-23(36-29(41)40-11-10-39(16-18(40)2)28(42)31(33)8-9-31)13-24(27-37-30(43)44-38-27)35-25(26)21-12-22(32)15-34-14-21/h12-15,17-20H,4-11,16H2,1-3H3,(H,37,38,43)/t17?,18-,19?,20?/m1/s1. The van der Waals surface area contributed by atoms with Crippen molar-refractivity contribution in [1.29, 1.82) is 0 Å². The number of rotatable bonds is 6. The fourth-order valence-electron chi connectivity index (χ4n) is 6.93. The number of hydrogen-bond acceptors (Lipinski definition) is 8. The molecule has 5 heterocycles. The lowest BCUT2D eigenvalue weighted by Crippen LogP contribution is -2.56. The Balaban J connectivity index is 1.39. The van der Waals surface area contributed by atoms with Crippen LogP contribution in [0.1, 0.15) is 65.3 Å². The summed E-state index contributed by atoms with van der Waals surface area (Å²) in [4.78, 5) is 45.7. The van der Waals surface area contributed by atoms with Gasteiger partial charge in [0.05, 0.1) is 21.7 Å².